The molecule has 6 nitrogen and oxygen atoms in total. The Balaban J connectivity index is 1.61. The van der Waals surface area contributed by atoms with Gasteiger partial charge in [0.05, 0.1) is 27.8 Å². The molecular weight excluding hydrogens is 447 g/mol. The normalized spacial score (nSPS) is 10.8. The van der Waals surface area contributed by atoms with Crippen molar-refractivity contribution in [3.05, 3.63) is 75.0 Å². The van der Waals surface area contributed by atoms with E-state index in [2.05, 4.69) is 15.7 Å². The summed E-state index contributed by atoms with van der Waals surface area (Å²) in [5.74, 6) is -0.0917. The van der Waals surface area contributed by atoms with Gasteiger partial charge in [-0.2, -0.15) is 5.10 Å². The molecule has 0 bridgehead atoms. The fourth-order valence-electron chi connectivity index (χ4n) is 3.38. The zero-order valence-electron chi connectivity index (χ0n) is 18.3. The molecule has 0 aliphatic heterocycles. The molecule has 0 saturated carbocycles. The second-order valence-corrected chi connectivity index (χ2v) is 8.42. The van der Waals surface area contributed by atoms with E-state index < -0.39 is 0 Å². The number of carbonyl (C=O) groups excluding carboxylic acids is 2. The molecule has 3 rings (SSSR count). The number of nitrogens with one attached hydrogen (secondary N) is 2. The van der Waals surface area contributed by atoms with Gasteiger partial charge in [-0.3, -0.25) is 9.59 Å². The predicted molar refractivity (Wildman–Crippen MR) is 129 cm³/mol. The van der Waals surface area contributed by atoms with Crippen LogP contribution >= 0.6 is 23.2 Å². The van der Waals surface area contributed by atoms with Gasteiger partial charge in [-0.05, 0) is 56.2 Å². The Bertz CT molecular complexity index is 1120. The third kappa shape index (κ3) is 5.90. The molecule has 0 aliphatic carbocycles. The van der Waals surface area contributed by atoms with Crippen LogP contribution in [0.15, 0.2) is 42.5 Å². The van der Waals surface area contributed by atoms with Gasteiger partial charge in [0.2, 0.25) is 11.8 Å². The molecule has 8 heteroatoms. The van der Waals surface area contributed by atoms with Crippen LogP contribution in [-0.4, -0.2) is 21.6 Å². The number of benzene rings is 2. The summed E-state index contributed by atoms with van der Waals surface area (Å²) in [6, 6.07) is 12.8. The third-order valence-electron chi connectivity index (χ3n) is 5.13. The Hall–Kier alpha value is -2.83. The average molecular weight is 473 g/mol. The molecule has 2 amide bonds. The zero-order valence-corrected chi connectivity index (χ0v) is 19.8. The van der Waals surface area contributed by atoms with Crippen LogP contribution in [0.25, 0.3) is 5.69 Å². The summed E-state index contributed by atoms with van der Waals surface area (Å²) in [7, 11) is 0. The lowest BCUT2D eigenvalue weighted by Crippen LogP contribution is -2.25. The van der Waals surface area contributed by atoms with E-state index >= 15 is 0 Å². The minimum absolute atomic E-state index is 0.000658. The highest BCUT2D eigenvalue weighted by Crippen LogP contribution is 2.26. The lowest BCUT2D eigenvalue weighted by atomic mass is 10.1. The van der Waals surface area contributed by atoms with Crippen LogP contribution < -0.4 is 10.6 Å². The summed E-state index contributed by atoms with van der Waals surface area (Å²) in [5, 5.41) is 11.3. The molecule has 1 aromatic heterocycles. The molecular formula is C24H26Cl2N4O2. The van der Waals surface area contributed by atoms with E-state index in [1.807, 2.05) is 51.1 Å². The van der Waals surface area contributed by atoms with Crippen LogP contribution in [0, 0.1) is 13.8 Å². The van der Waals surface area contributed by atoms with Gasteiger partial charge in [-0.15, -0.1) is 0 Å². The van der Waals surface area contributed by atoms with Crippen molar-refractivity contribution in [2.75, 3.05) is 5.32 Å². The van der Waals surface area contributed by atoms with Crippen LogP contribution in [0.4, 0.5) is 5.69 Å². The van der Waals surface area contributed by atoms with E-state index in [0.29, 0.717) is 23.0 Å². The number of aryl methyl sites for hydroxylation is 1. The molecule has 3 aromatic rings. The van der Waals surface area contributed by atoms with Crippen molar-refractivity contribution in [1.29, 1.82) is 0 Å². The number of nitrogens with zero attached hydrogens (tertiary/aromatic N) is 2. The van der Waals surface area contributed by atoms with Gasteiger partial charge >= 0.3 is 0 Å². The second-order valence-electron chi connectivity index (χ2n) is 7.61. The number of hydrogen-bond acceptors (Lipinski definition) is 3. The fraction of sp³-hybridized carbons (Fsp3) is 0.292. The summed E-state index contributed by atoms with van der Waals surface area (Å²) in [6.07, 6.45) is 1.53. The second kappa shape index (κ2) is 10.7. The molecule has 1 heterocycles. The zero-order chi connectivity index (χ0) is 23.3. The Morgan fingerprint density at radius 1 is 1.00 bits per heavy atom. The molecule has 0 atom stereocenters. The number of rotatable bonds is 8. The van der Waals surface area contributed by atoms with Crippen LogP contribution in [-0.2, 0) is 22.6 Å². The smallest absolute Gasteiger partial charge is 0.224 e. The summed E-state index contributed by atoms with van der Waals surface area (Å²) in [5.41, 5.74) is 5.03. The molecule has 0 fully saturated rings. The Labute approximate surface area is 197 Å². The number of amides is 2. The topological polar surface area (TPSA) is 76.0 Å². The van der Waals surface area contributed by atoms with E-state index in [0.717, 1.165) is 40.3 Å². The van der Waals surface area contributed by atoms with Gasteiger partial charge in [0.15, 0.2) is 0 Å². The fourth-order valence-corrected chi connectivity index (χ4v) is 3.67. The van der Waals surface area contributed by atoms with Crippen LogP contribution in [0.2, 0.25) is 10.0 Å². The summed E-state index contributed by atoms with van der Waals surface area (Å²) in [4.78, 5) is 24.3. The molecule has 32 heavy (non-hydrogen) atoms. The maximum absolute atomic E-state index is 12.6. The number of aromatic nitrogens is 2. The van der Waals surface area contributed by atoms with Gasteiger partial charge in [0, 0.05) is 29.9 Å². The predicted octanol–water partition coefficient (Wildman–Crippen LogP) is 5.39. The van der Waals surface area contributed by atoms with Gasteiger partial charge in [-0.25, -0.2) is 4.68 Å². The minimum Gasteiger partial charge on any atom is -0.352 e. The summed E-state index contributed by atoms with van der Waals surface area (Å²) < 4.78 is 1.77. The van der Waals surface area contributed by atoms with Crippen LogP contribution in [0.3, 0.4) is 0 Å². The SMILES string of the molecule is CCCC(=O)Nc1ccc(CNC(=O)Cc2c(C)nn(-c3ccc(Cl)c(Cl)c3)c2C)cc1. The highest BCUT2D eigenvalue weighted by atomic mass is 35.5. The first kappa shape index (κ1) is 23.8. The maximum Gasteiger partial charge on any atom is 0.224 e. The summed E-state index contributed by atoms with van der Waals surface area (Å²) >= 11 is 12.1. The monoisotopic (exact) mass is 472 g/mol. The van der Waals surface area contributed by atoms with Crippen molar-refractivity contribution in [2.24, 2.45) is 0 Å². The van der Waals surface area contributed by atoms with Crippen molar-refractivity contribution < 1.29 is 9.59 Å². The van der Waals surface area contributed by atoms with Crippen LogP contribution in [0.1, 0.15) is 42.3 Å². The lowest BCUT2D eigenvalue weighted by Gasteiger charge is -2.09. The van der Waals surface area contributed by atoms with Gasteiger partial charge < -0.3 is 10.6 Å². The molecule has 0 radical (unpaired) electrons. The van der Waals surface area contributed by atoms with Crippen molar-refractivity contribution >= 4 is 40.7 Å². The average Bonchev–Trinajstić information content (AvgIpc) is 3.03. The first-order chi connectivity index (χ1) is 15.3. The number of carbonyl (C=O) groups is 2. The Morgan fingerprint density at radius 3 is 2.38 bits per heavy atom. The first-order valence-electron chi connectivity index (χ1n) is 10.4. The van der Waals surface area contributed by atoms with Crippen molar-refractivity contribution in [3.63, 3.8) is 0 Å². The lowest BCUT2D eigenvalue weighted by molar-refractivity contribution is -0.120. The van der Waals surface area contributed by atoms with Crippen molar-refractivity contribution in [2.45, 2.75) is 46.6 Å². The number of anilines is 1. The molecule has 168 valence electrons. The molecule has 2 N–H and O–H groups in total. The molecule has 0 saturated heterocycles. The third-order valence-corrected chi connectivity index (χ3v) is 5.87. The van der Waals surface area contributed by atoms with Gasteiger partial charge in [0.1, 0.15) is 0 Å². The van der Waals surface area contributed by atoms with E-state index in [-0.39, 0.29) is 18.2 Å². The van der Waals surface area contributed by atoms with E-state index in [1.54, 1.807) is 16.8 Å². The molecule has 0 spiro atoms. The Kier molecular flexibility index (Phi) is 7.94. The molecule has 0 unspecified atom stereocenters. The Morgan fingerprint density at radius 2 is 1.72 bits per heavy atom. The van der Waals surface area contributed by atoms with E-state index in [9.17, 15) is 9.59 Å². The highest BCUT2D eigenvalue weighted by molar-refractivity contribution is 6.42. The molecule has 2 aromatic carbocycles. The van der Waals surface area contributed by atoms with Crippen molar-refractivity contribution in [3.8, 4) is 5.69 Å². The largest absolute Gasteiger partial charge is 0.352 e. The number of hydrogen-bond donors (Lipinski definition) is 2. The number of halogens is 2. The van der Waals surface area contributed by atoms with E-state index in [1.165, 1.54) is 0 Å². The summed E-state index contributed by atoms with van der Waals surface area (Å²) in [6.45, 7) is 6.18. The quantitative estimate of drug-likeness (QED) is 0.461. The van der Waals surface area contributed by atoms with Gasteiger partial charge in [-0.1, -0.05) is 42.3 Å². The highest BCUT2D eigenvalue weighted by Gasteiger charge is 2.16. The maximum atomic E-state index is 12.6. The standard InChI is InChI=1S/C24H26Cl2N4O2/c1-4-5-23(31)28-18-8-6-17(7-9-18)14-27-24(32)13-20-15(2)29-30(16(20)3)19-10-11-21(25)22(26)12-19/h6-12H,4-5,13-14H2,1-3H3,(H,27,32)(H,28,31). The first-order valence-corrected chi connectivity index (χ1v) is 11.2. The van der Waals surface area contributed by atoms with Gasteiger partial charge in [0.25, 0.3) is 0 Å². The minimum atomic E-state index is -0.0924. The molecule has 0 aliphatic rings. The van der Waals surface area contributed by atoms with E-state index in [4.69, 9.17) is 23.2 Å². The van der Waals surface area contributed by atoms with Crippen LogP contribution in [0.5, 0.6) is 0 Å². The van der Waals surface area contributed by atoms with Crippen molar-refractivity contribution in [1.82, 2.24) is 15.1 Å².